The van der Waals surface area contributed by atoms with Gasteiger partial charge in [-0.2, -0.15) is 0 Å². The Balaban J connectivity index is 1.90. The Hall–Kier alpha value is -1.90. The predicted molar refractivity (Wildman–Crippen MR) is 97.7 cm³/mol. The van der Waals surface area contributed by atoms with E-state index >= 15 is 0 Å². The Labute approximate surface area is 153 Å². The van der Waals surface area contributed by atoms with Gasteiger partial charge in [0.15, 0.2) is 0 Å². The highest BCUT2D eigenvalue weighted by molar-refractivity contribution is 7.89. The second-order valence-electron chi connectivity index (χ2n) is 6.63. The minimum atomic E-state index is -3.65. The average Bonchev–Trinajstić information content (AvgIpc) is 2.91. The maximum Gasteiger partial charge on any atom is 0.374 e. The Morgan fingerprint density at radius 3 is 2.88 bits per heavy atom. The van der Waals surface area contributed by atoms with Gasteiger partial charge in [0, 0.05) is 23.0 Å². The van der Waals surface area contributed by atoms with Crippen molar-refractivity contribution in [2.24, 2.45) is 0 Å². The van der Waals surface area contributed by atoms with Crippen molar-refractivity contribution in [2.75, 3.05) is 13.2 Å². The van der Waals surface area contributed by atoms with Gasteiger partial charge in [-0.1, -0.05) is 0 Å². The van der Waals surface area contributed by atoms with Crippen LogP contribution in [-0.4, -0.2) is 39.6 Å². The van der Waals surface area contributed by atoms with Crippen LogP contribution in [0.3, 0.4) is 0 Å². The van der Waals surface area contributed by atoms with Crippen molar-refractivity contribution in [1.82, 2.24) is 10.0 Å². The molecule has 2 unspecified atom stereocenters. The minimum Gasteiger partial charge on any atom is -0.460 e. The van der Waals surface area contributed by atoms with E-state index in [9.17, 15) is 13.2 Å². The van der Waals surface area contributed by atoms with Crippen molar-refractivity contribution in [3.05, 3.63) is 29.5 Å². The molecular weight excluding hydrogens is 356 g/mol. The molecule has 2 aromatic rings. The van der Waals surface area contributed by atoms with E-state index in [0.717, 1.165) is 19.4 Å². The zero-order valence-electron chi connectivity index (χ0n) is 15.2. The third kappa shape index (κ3) is 3.77. The van der Waals surface area contributed by atoms with Crippen LogP contribution in [0.15, 0.2) is 27.5 Å². The summed E-state index contributed by atoms with van der Waals surface area (Å²) in [6.45, 7) is 6.51. The molecule has 1 aliphatic heterocycles. The third-order valence-electron chi connectivity index (χ3n) is 4.62. The van der Waals surface area contributed by atoms with Gasteiger partial charge in [-0.3, -0.25) is 0 Å². The second-order valence-corrected chi connectivity index (χ2v) is 8.35. The van der Waals surface area contributed by atoms with Gasteiger partial charge in [0.05, 0.1) is 11.5 Å². The standard InChI is InChI=1S/C18H24N2O5S/c1-4-24-18(21)17-12(3)15-10-14(5-6-16(15)25-17)26(22,23)20-13-7-8-19-11(2)9-13/h5-6,10-11,13,19-20H,4,7-9H2,1-3H3. The quantitative estimate of drug-likeness (QED) is 0.773. The first kappa shape index (κ1) is 18.9. The lowest BCUT2D eigenvalue weighted by molar-refractivity contribution is 0.0491. The Bertz CT molecular complexity index is 919. The molecule has 0 radical (unpaired) electrons. The highest BCUT2D eigenvalue weighted by Gasteiger charge is 2.26. The molecular formula is C18H24N2O5S. The number of piperidine rings is 1. The van der Waals surface area contributed by atoms with Crippen molar-refractivity contribution in [3.63, 3.8) is 0 Å². The van der Waals surface area contributed by atoms with Gasteiger partial charge in [-0.25, -0.2) is 17.9 Å². The molecule has 2 heterocycles. The predicted octanol–water partition coefficient (Wildman–Crippen LogP) is 2.34. The fourth-order valence-electron chi connectivity index (χ4n) is 3.28. The summed E-state index contributed by atoms with van der Waals surface area (Å²) in [4.78, 5) is 12.1. The van der Waals surface area contributed by atoms with Crippen LogP contribution < -0.4 is 10.0 Å². The van der Waals surface area contributed by atoms with Gasteiger partial charge in [-0.15, -0.1) is 0 Å². The Morgan fingerprint density at radius 2 is 2.19 bits per heavy atom. The first-order valence-electron chi connectivity index (χ1n) is 8.77. The maximum atomic E-state index is 12.8. The van der Waals surface area contributed by atoms with E-state index in [-0.39, 0.29) is 29.3 Å². The molecule has 0 bridgehead atoms. The molecule has 1 fully saturated rings. The smallest absolute Gasteiger partial charge is 0.374 e. The van der Waals surface area contributed by atoms with Gasteiger partial charge in [-0.05, 0) is 58.4 Å². The van der Waals surface area contributed by atoms with Crippen LogP contribution in [0, 0.1) is 6.92 Å². The van der Waals surface area contributed by atoms with Crippen LogP contribution in [-0.2, 0) is 14.8 Å². The summed E-state index contributed by atoms with van der Waals surface area (Å²) in [5, 5.41) is 3.89. The number of furan rings is 1. The Kier molecular flexibility index (Phi) is 5.36. The summed E-state index contributed by atoms with van der Waals surface area (Å²) in [6, 6.07) is 4.80. The summed E-state index contributed by atoms with van der Waals surface area (Å²) >= 11 is 0. The molecule has 26 heavy (non-hydrogen) atoms. The molecule has 7 nitrogen and oxygen atoms in total. The van der Waals surface area contributed by atoms with E-state index in [2.05, 4.69) is 10.0 Å². The van der Waals surface area contributed by atoms with E-state index in [1.807, 2.05) is 6.92 Å². The maximum absolute atomic E-state index is 12.8. The normalized spacial score (nSPS) is 21.0. The molecule has 0 amide bonds. The van der Waals surface area contributed by atoms with Crippen molar-refractivity contribution in [3.8, 4) is 0 Å². The van der Waals surface area contributed by atoms with E-state index in [4.69, 9.17) is 9.15 Å². The molecule has 1 saturated heterocycles. The topological polar surface area (TPSA) is 97.6 Å². The van der Waals surface area contributed by atoms with Crippen LogP contribution >= 0.6 is 0 Å². The number of hydrogen-bond donors (Lipinski definition) is 2. The lowest BCUT2D eigenvalue weighted by atomic mass is 10.0. The summed E-state index contributed by atoms with van der Waals surface area (Å²) in [5.74, 6) is -0.441. The van der Waals surface area contributed by atoms with Crippen molar-refractivity contribution in [2.45, 2.75) is 50.6 Å². The van der Waals surface area contributed by atoms with Crippen molar-refractivity contribution >= 4 is 27.0 Å². The molecule has 2 atom stereocenters. The third-order valence-corrected chi connectivity index (χ3v) is 6.14. The summed E-state index contributed by atoms with van der Waals surface area (Å²) < 4.78 is 38.8. The van der Waals surface area contributed by atoms with E-state index in [1.165, 1.54) is 6.07 Å². The van der Waals surface area contributed by atoms with Crippen LogP contribution in [0.2, 0.25) is 0 Å². The lowest BCUT2D eigenvalue weighted by Crippen LogP contribution is -2.46. The molecule has 142 valence electrons. The SMILES string of the molecule is CCOC(=O)c1oc2ccc(S(=O)(=O)NC3CCNC(C)C3)cc2c1C. The van der Waals surface area contributed by atoms with Crippen LogP contribution in [0.4, 0.5) is 0 Å². The van der Waals surface area contributed by atoms with Gasteiger partial charge in [0.2, 0.25) is 15.8 Å². The van der Waals surface area contributed by atoms with Crippen LogP contribution in [0.5, 0.6) is 0 Å². The largest absolute Gasteiger partial charge is 0.460 e. The van der Waals surface area contributed by atoms with Gasteiger partial charge >= 0.3 is 5.97 Å². The van der Waals surface area contributed by atoms with E-state index < -0.39 is 16.0 Å². The molecule has 0 spiro atoms. The molecule has 1 aromatic heterocycles. The number of nitrogens with one attached hydrogen (secondary N) is 2. The number of esters is 1. The number of ether oxygens (including phenoxy) is 1. The molecule has 1 aromatic carbocycles. The number of fused-ring (bicyclic) bond motifs is 1. The highest BCUT2D eigenvalue weighted by Crippen LogP contribution is 2.28. The fraction of sp³-hybridized carbons (Fsp3) is 0.500. The van der Waals surface area contributed by atoms with Gasteiger partial charge in [0.25, 0.3) is 0 Å². The average molecular weight is 380 g/mol. The number of rotatable bonds is 5. The number of benzene rings is 1. The van der Waals surface area contributed by atoms with Crippen LogP contribution in [0.25, 0.3) is 11.0 Å². The molecule has 1 aliphatic rings. The number of aryl methyl sites for hydroxylation is 1. The molecule has 0 aliphatic carbocycles. The first-order valence-corrected chi connectivity index (χ1v) is 10.3. The number of carbonyl (C=O) groups is 1. The minimum absolute atomic E-state index is 0.0903. The van der Waals surface area contributed by atoms with E-state index in [1.54, 1.807) is 26.0 Å². The van der Waals surface area contributed by atoms with Crippen molar-refractivity contribution in [1.29, 1.82) is 0 Å². The van der Waals surface area contributed by atoms with E-state index in [0.29, 0.717) is 16.5 Å². The summed E-state index contributed by atoms with van der Waals surface area (Å²) in [7, 11) is -3.65. The molecule has 8 heteroatoms. The zero-order valence-corrected chi connectivity index (χ0v) is 16.0. The number of carbonyl (C=O) groups excluding carboxylic acids is 1. The van der Waals surface area contributed by atoms with Gasteiger partial charge < -0.3 is 14.5 Å². The number of hydrogen-bond acceptors (Lipinski definition) is 6. The highest BCUT2D eigenvalue weighted by atomic mass is 32.2. The fourth-order valence-corrected chi connectivity index (χ4v) is 4.59. The van der Waals surface area contributed by atoms with Crippen molar-refractivity contribution < 1.29 is 22.4 Å². The van der Waals surface area contributed by atoms with Crippen LogP contribution in [0.1, 0.15) is 42.8 Å². The first-order chi connectivity index (χ1) is 12.3. The molecule has 0 saturated carbocycles. The lowest BCUT2D eigenvalue weighted by Gasteiger charge is -2.28. The number of sulfonamides is 1. The monoisotopic (exact) mass is 380 g/mol. The second kappa shape index (κ2) is 7.38. The Morgan fingerprint density at radius 1 is 1.42 bits per heavy atom. The molecule has 3 rings (SSSR count). The summed E-state index contributed by atoms with van der Waals surface area (Å²) in [6.07, 6.45) is 1.50. The van der Waals surface area contributed by atoms with Gasteiger partial charge in [0.1, 0.15) is 5.58 Å². The summed E-state index contributed by atoms with van der Waals surface area (Å²) in [5.41, 5.74) is 1.03. The zero-order chi connectivity index (χ0) is 18.9. The molecule has 2 N–H and O–H groups in total.